The first-order chi connectivity index (χ1) is 15.4. The number of sulfone groups is 1. The van der Waals surface area contributed by atoms with Gasteiger partial charge in [-0.1, -0.05) is 17.4 Å². The van der Waals surface area contributed by atoms with Crippen molar-refractivity contribution in [1.82, 2.24) is 4.98 Å². The molecule has 10 heteroatoms. The number of fused-ring (bicyclic) bond motifs is 1. The molecule has 0 atom stereocenters. The summed E-state index contributed by atoms with van der Waals surface area (Å²) in [6.07, 6.45) is 3.23. The molecule has 4 rings (SSSR count). The van der Waals surface area contributed by atoms with Gasteiger partial charge in [0.1, 0.15) is 11.6 Å². The highest BCUT2D eigenvalue weighted by Crippen LogP contribution is 2.35. The van der Waals surface area contributed by atoms with Crippen molar-refractivity contribution in [3.05, 3.63) is 72.4 Å². The van der Waals surface area contributed by atoms with Gasteiger partial charge >= 0.3 is 0 Å². The predicted octanol–water partition coefficient (Wildman–Crippen LogP) is 5.15. The van der Waals surface area contributed by atoms with Crippen LogP contribution < -0.4 is 4.90 Å². The Balaban J connectivity index is 1.60. The maximum Gasteiger partial charge on any atom is 0.230 e. The molecule has 6 nitrogen and oxygen atoms in total. The highest BCUT2D eigenvalue weighted by Gasteiger charge is 2.24. The van der Waals surface area contributed by atoms with E-state index in [1.165, 1.54) is 34.6 Å². The third-order valence-corrected chi connectivity index (χ3v) is 8.32. The number of hydrogen-bond acceptors (Lipinski definition) is 7. The van der Waals surface area contributed by atoms with Gasteiger partial charge in [-0.3, -0.25) is 9.69 Å². The predicted molar refractivity (Wildman–Crippen MR) is 124 cm³/mol. The Bertz CT molecular complexity index is 1330. The SMILES string of the molecule is CSc1cccc2sc(N(Cc3ccco3)C(=O)CCS(=O)(=O)c3ccc(F)cc3)nc12. The van der Waals surface area contributed by atoms with Crippen molar-refractivity contribution in [2.75, 3.05) is 16.9 Å². The number of thioether (sulfide) groups is 1. The first-order valence-corrected chi connectivity index (χ1v) is 13.3. The highest BCUT2D eigenvalue weighted by molar-refractivity contribution is 7.98. The molecule has 0 N–H and O–H groups in total. The molecule has 0 spiro atoms. The number of hydrogen-bond donors (Lipinski definition) is 0. The molecule has 0 bridgehead atoms. The average molecular weight is 491 g/mol. The van der Waals surface area contributed by atoms with Crippen molar-refractivity contribution >= 4 is 54.2 Å². The van der Waals surface area contributed by atoms with E-state index < -0.39 is 27.3 Å². The maximum atomic E-state index is 13.2. The summed E-state index contributed by atoms with van der Waals surface area (Å²) in [6.45, 7) is 0.136. The lowest BCUT2D eigenvalue weighted by molar-refractivity contribution is -0.118. The Kier molecular flexibility index (Phi) is 6.63. The number of aromatic nitrogens is 1. The number of benzene rings is 2. The molecule has 2 aromatic carbocycles. The molecule has 4 aromatic rings. The first kappa shape index (κ1) is 22.5. The van der Waals surface area contributed by atoms with Crippen molar-refractivity contribution in [2.24, 2.45) is 0 Å². The minimum absolute atomic E-state index is 0.0196. The van der Waals surface area contributed by atoms with Crippen molar-refractivity contribution < 1.29 is 22.0 Å². The van der Waals surface area contributed by atoms with Gasteiger partial charge < -0.3 is 4.42 Å². The molecule has 0 aliphatic rings. The van der Waals surface area contributed by atoms with E-state index in [9.17, 15) is 17.6 Å². The third-order valence-electron chi connectivity index (χ3n) is 4.77. The second-order valence-corrected chi connectivity index (χ2v) is 10.9. The summed E-state index contributed by atoms with van der Waals surface area (Å²) >= 11 is 2.93. The Labute approximate surface area is 193 Å². The number of halogens is 1. The second-order valence-electron chi connectivity index (χ2n) is 6.89. The first-order valence-electron chi connectivity index (χ1n) is 9.62. The maximum absolute atomic E-state index is 13.2. The van der Waals surface area contributed by atoms with Crippen LogP contribution in [0.15, 0.2) is 75.1 Å². The fourth-order valence-corrected chi connectivity index (χ4v) is 6.00. The van der Waals surface area contributed by atoms with Crippen LogP contribution in [0.2, 0.25) is 0 Å². The number of carbonyl (C=O) groups is 1. The molecule has 1 amide bonds. The van der Waals surface area contributed by atoms with E-state index >= 15 is 0 Å². The number of nitrogens with zero attached hydrogens (tertiary/aromatic N) is 2. The van der Waals surface area contributed by atoms with Crippen LogP contribution in [0.5, 0.6) is 0 Å². The normalized spacial score (nSPS) is 11.7. The van der Waals surface area contributed by atoms with Crippen LogP contribution in [0.1, 0.15) is 12.2 Å². The van der Waals surface area contributed by atoms with Crippen molar-refractivity contribution in [3.8, 4) is 0 Å². The molecule has 0 unspecified atom stereocenters. The highest BCUT2D eigenvalue weighted by atomic mass is 32.2. The van der Waals surface area contributed by atoms with E-state index in [0.29, 0.717) is 10.9 Å². The van der Waals surface area contributed by atoms with E-state index in [0.717, 1.165) is 27.2 Å². The summed E-state index contributed by atoms with van der Waals surface area (Å²) in [5.74, 6) is -0.751. The molecule has 0 saturated heterocycles. The van der Waals surface area contributed by atoms with Crippen LogP contribution in [-0.2, 0) is 21.2 Å². The van der Waals surface area contributed by atoms with Gasteiger partial charge in [-0.05, 0) is 54.8 Å². The molecule has 0 aliphatic heterocycles. The number of rotatable bonds is 8. The number of para-hydroxylation sites is 1. The molecular weight excluding hydrogens is 471 g/mol. The van der Waals surface area contributed by atoms with Crippen LogP contribution in [0.4, 0.5) is 9.52 Å². The van der Waals surface area contributed by atoms with Gasteiger partial charge in [0.25, 0.3) is 0 Å². The van der Waals surface area contributed by atoms with Crippen molar-refractivity contribution in [2.45, 2.75) is 22.8 Å². The summed E-state index contributed by atoms with van der Waals surface area (Å²) in [6, 6.07) is 13.9. The van der Waals surface area contributed by atoms with Gasteiger partial charge in [-0.25, -0.2) is 17.8 Å². The molecule has 0 saturated carbocycles. The van der Waals surface area contributed by atoms with Gasteiger partial charge in [0.15, 0.2) is 15.0 Å². The quantitative estimate of drug-likeness (QED) is 0.251. The topological polar surface area (TPSA) is 80.5 Å². The number of carbonyl (C=O) groups excluding carboxylic acids is 1. The van der Waals surface area contributed by atoms with Crippen LogP contribution in [-0.4, -0.2) is 31.3 Å². The molecule has 0 aliphatic carbocycles. The Morgan fingerprint density at radius 2 is 1.94 bits per heavy atom. The fourth-order valence-electron chi connectivity index (χ4n) is 3.13. The van der Waals surface area contributed by atoms with Crippen molar-refractivity contribution in [1.29, 1.82) is 0 Å². The minimum Gasteiger partial charge on any atom is -0.467 e. The molecule has 32 heavy (non-hydrogen) atoms. The summed E-state index contributed by atoms with van der Waals surface area (Å²) in [5.41, 5.74) is 0.802. The number of anilines is 1. The second kappa shape index (κ2) is 9.43. The van der Waals surface area contributed by atoms with Crippen molar-refractivity contribution in [3.63, 3.8) is 0 Å². The van der Waals surface area contributed by atoms with E-state index in [1.54, 1.807) is 23.9 Å². The fraction of sp³-hybridized carbons (Fsp3) is 0.182. The summed E-state index contributed by atoms with van der Waals surface area (Å²) < 4.78 is 44.7. The lowest BCUT2D eigenvalue weighted by Gasteiger charge is -2.18. The zero-order valence-corrected chi connectivity index (χ0v) is 19.5. The lowest BCUT2D eigenvalue weighted by atomic mass is 10.3. The standard InChI is InChI=1S/C22H19FN2O4S3/c1-30-18-5-2-6-19-21(18)24-22(31-19)25(14-16-4-3-12-29-16)20(26)11-13-32(27,28)17-9-7-15(23)8-10-17/h2-10,12H,11,13-14H2,1H3. The molecule has 0 fully saturated rings. The van der Waals surface area contributed by atoms with Crippen LogP contribution in [0.25, 0.3) is 10.2 Å². The van der Waals surface area contributed by atoms with Gasteiger partial charge in [0.05, 0.1) is 33.7 Å². The smallest absolute Gasteiger partial charge is 0.230 e. The monoisotopic (exact) mass is 490 g/mol. The molecule has 2 aromatic heterocycles. The summed E-state index contributed by atoms with van der Waals surface area (Å²) in [7, 11) is -3.74. The number of thiazole rings is 1. The lowest BCUT2D eigenvalue weighted by Crippen LogP contribution is -2.31. The molecule has 0 radical (unpaired) electrons. The van der Waals surface area contributed by atoms with E-state index in [2.05, 4.69) is 4.98 Å². The van der Waals surface area contributed by atoms with Gasteiger partial charge in [0.2, 0.25) is 5.91 Å². The zero-order chi connectivity index (χ0) is 22.7. The van der Waals surface area contributed by atoms with Gasteiger partial charge in [0, 0.05) is 11.3 Å². The number of furan rings is 1. The van der Waals surface area contributed by atoms with Crippen LogP contribution in [0, 0.1) is 5.82 Å². The van der Waals surface area contributed by atoms with Crippen LogP contribution in [0.3, 0.4) is 0 Å². The molecule has 166 valence electrons. The van der Waals surface area contributed by atoms with E-state index in [4.69, 9.17) is 4.42 Å². The van der Waals surface area contributed by atoms with E-state index in [1.807, 2.05) is 24.5 Å². The third kappa shape index (κ3) is 4.87. The Morgan fingerprint density at radius 3 is 2.62 bits per heavy atom. The number of amides is 1. The van der Waals surface area contributed by atoms with Crippen LogP contribution >= 0.6 is 23.1 Å². The molecule has 2 heterocycles. The summed E-state index contributed by atoms with van der Waals surface area (Å²) in [4.78, 5) is 20.2. The zero-order valence-electron chi connectivity index (χ0n) is 17.0. The Hall–Kier alpha value is -2.69. The summed E-state index contributed by atoms with van der Waals surface area (Å²) in [5, 5.41) is 0.474. The largest absolute Gasteiger partial charge is 0.467 e. The Morgan fingerprint density at radius 1 is 1.16 bits per heavy atom. The van der Waals surface area contributed by atoms with Gasteiger partial charge in [-0.15, -0.1) is 11.8 Å². The average Bonchev–Trinajstić information content (AvgIpc) is 3.45. The molecular formula is C22H19FN2O4S3. The van der Waals surface area contributed by atoms with Gasteiger partial charge in [-0.2, -0.15) is 0 Å². The van der Waals surface area contributed by atoms with E-state index in [-0.39, 0.29) is 17.9 Å². The minimum atomic E-state index is -3.74.